The molecule has 0 aliphatic heterocycles. The van der Waals surface area contributed by atoms with Gasteiger partial charge in [-0.25, -0.2) is 0 Å². The van der Waals surface area contributed by atoms with Crippen LogP contribution in [0.4, 0.5) is 5.69 Å². The van der Waals surface area contributed by atoms with Gasteiger partial charge in [0.2, 0.25) is 0 Å². The summed E-state index contributed by atoms with van der Waals surface area (Å²) in [6, 6.07) is 7.51. The van der Waals surface area contributed by atoms with E-state index >= 15 is 0 Å². The van der Waals surface area contributed by atoms with Gasteiger partial charge in [-0.05, 0) is 24.3 Å². The molecule has 1 aromatic carbocycles. The van der Waals surface area contributed by atoms with Crippen LogP contribution in [0.1, 0.15) is 10.4 Å². The van der Waals surface area contributed by atoms with Crippen LogP contribution in [0.3, 0.4) is 0 Å². The fraction of sp³-hybridized carbons (Fsp3) is 0.462. The zero-order valence-corrected chi connectivity index (χ0v) is 10.4. The predicted molar refractivity (Wildman–Crippen MR) is 67.8 cm³/mol. The SMILES string of the molecule is COCCN(CCOC)c1ccc(C=O)cc1. The van der Waals surface area contributed by atoms with Crippen LogP contribution in [0.15, 0.2) is 24.3 Å². The van der Waals surface area contributed by atoms with E-state index in [4.69, 9.17) is 9.47 Å². The van der Waals surface area contributed by atoms with Gasteiger partial charge >= 0.3 is 0 Å². The van der Waals surface area contributed by atoms with Crippen LogP contribution >= 0.6 is 0 Å². The van der Waals surface area contributed by atoms with Gasteiger partial charge in [-0.15, -0.1) is 0 Å². The topological polar surface area (TPSA) is 38.8 Å². The number of hydrogen-bond donors (Lipinski definition) is 0. The Morgan fingerprint density at radius 1 is 1.06 bits per heavy atom. The number of aldehydes is 1. The molecule has 17 heavy (non-hydrogen) atoms. The maximum Gasteiger partial charge on any atom is 0.150 e. The second kappa shape index (κ2) is 7.81. The number of methoxy groups -OCH3 is 2. The molecule has 0 heterocycles. The molecule has 0 atom stereocenters. The summed E-state index contributed by atoms with van der Waals surface area (Å²) in [5.41, 5.74) is 1.76. The van der Waals surface area contributed by atoms with E-state index in [2.05, 4.69) is 4.90 Å². The zero-order valence-electron chi connectivity index (χ0n) is 10.4. The van der Waals surface area contributed by atoms with Crippen molar-refractivity contribution in [2.75, 3.05) is 45.4 Å². The molecule has 0 amide bonds. The monoisotopic (exact) mass is 237 g/mol. The van der Waals surface area contributed by atoms with Crippen molar-refractivity contribution in [3.8, 4) is 0 Å². The van der Waals surface area contributed by atoms with Gasteiger partial charge in [0.25, 0.3) is 0 Å². The Hall–Kier alpha value is -1.39. The highest BCUT2D eigenvalue weighted by Crippen LogP contribution is 2.14. The quantitative estimate of drug-likeness (QED) is 0.644. The van der Waals surface area contributed by atoms with E-state index in [1.165, 1.54) is 0 Å². The van der Waals surface area contributed by atoms with Gasteiger partial charge in [-0.1, -0.05) is 0 Å². The van der Waals surface area contributed by atoms with E-state index in [1.54, 1.807) is 14.2 Å². The van der Waals surface area contributed by atoms with E-state index in [0.717, 1.165) is 25.1 Å². The van der Waals surface area contributed by atoms with Crippen molar-refractivity contribution in [3.05, 3.63) is 29.8 Å². The van der Waals surface area contributed by atoms with E-state index in [0.29, 0.717) is 18.8 Å². The minimum Gasteiger partial charge on any atom is -0.383 e. The Morgan fingerprint density at radius 2 is 1.59 bits per heavy atom. The maximum atomic E-state index is 10.6. The third-order valence-electron chi connectivity index (χ3n) is 2.52. The van der Waals surface area contributed by atoms with Gasteiger partial charge in [0, 0.05) is 38.6 Å². The summed E-state index contributed by atoms with van der Waals surface area (Å²) in [4.78, 5) is 12.7. The smallest absolute Gasteiger partial charge is 0.150 e. The third kappa shape index (κ3) is 4.54. The third-order valence-corrected chi connectivity index (χ3v) is 2.52. The number of rotatable bonds is 8. The molecule has 4 nitrogen and oxygen atoms in total. The molecule has 94 valence electrons. The summed E-state index contributed by atoms with van der Waals surface area (Å²) in [5.74, 6) is 0. The Balaban J connectivity index is 2.68. The number of ether oxygens (including phenoxy) is 2. The molecule has 0 aromatic heterocycles. The molecular weight excluding hydrogens is 218 g/mol. The van der Waals surface area contributed by atoms with Crippen LogP contribution in [0.25, 0.3) is 0 Å². The first-order chi connectivity index (χ1) is 8.31. The second-order valence-electron chi connectivity index (χ2n) is 3.68. The van der Waals surface area contributed by atoms with Crippen LogP contribution in [0.2, 0.25) is 0 Å². The number of anilines is 1. The Kier molecular flexibility index (Phi) is 6.29. The summed E-state index contributed by atoms with van der Waals surface area (Å²) >= 11 is 0. The van der Waals surface area contributed by atoms with Crippen LogP contribution < -0.4 is 4.90 Å². The number of carbonyl (C=O) groups is 1. The first-order valence-electron chi connectivity index (χ1n) is 5.60. The molecule has 0 aliphatic carbocycles. The minimum absolute atomic E-state index is 0.666. The number of nitrogens with zero attached hydrogens (tertiary/aromatic N) is 1. The lowest BCUT2D eigenvalue weighted by Crippen LogP contribution is -2.30. The van der Waals surface area contributed by atoms with E-state index in [-0.39, 0.29) is 0 Å². The highest BCUT2D eigenvalue weighted by atomic mass is 16.5. The molecular formula is C13H19NO3. The molecule has 0 spiro atoms. The second-order valence-corrected chi connectivity index (χ2v) is 3.68. The first kappa shape index (κ1) is 13.7. The van der Waals surface area contributed by atoms with Crippen molar-refractivity contribution in [2.45, 2.75) is 0 Å². The Labute approximate surface area is 102 Å². The molecule has 1 rings (SSSR count). The van der Waals surface area contributed by atoms with Gasteiger partial charge in [0.15, 0.2) is 0 Å². The van der Waals surface area contributed by atoms with Crippen molar-refractivity contribution in [3.63, 3.8) is 0 Å². The predicted octanol–water partition coefficient (Wildman–Crippen LogP) is 1.60. The molecule has 0 saturated heterocycles. The molecule has 1 aromatic rings. The highest BCUT2D eigenvalue weighted by molar-refractivity contribution is 5.75. The largest absolute Gasteiger partial charge is 0.383 e. The van der Waals surface area contributed by atoms with E-state index in [1.807, 2.05) is 24.3 Å². The molecule has 0 saturated carbocycles. The molecule has 4 heteroatoms. The van der Waals surface area contributed by atoms with Gasteiger partial charge < -0.3 is 14.4 Å². The van der Waals surface area contributed by atoms with Crippen molar-refractivity contribution in [1.29, 1.82) is 0 Å². The van der Waals surface area contributed by atoms with E-state index < -0.39 is 0 Å². The minimum atomic E-state index is 0.666. The van der Waals surface area contributed by atoms with Crippen LogP contribution in [-0.2, 0) is 9.47 Å². The van der Waals surface area contributed by atoms with Crippen molar-refractivity contribution in [1.82, 2.24) is 0 Å². The number of hydrogen-bond acceptors (Lipinski definition) is 4. The average molecular weight is 237 g/mol. The van der Waals surface area contributed by atoms with Crippen molar-refractivity contribution >= 4 is 12.0 Å². The lowest BCUT2D eigenvalue weighted by atomic mass is 10.2. The van der Waals surface area contributed by atoms with Crippen molar-refractivity contribution < 1.29 is 14.3 Å². The summed E-state index contributed by atoms with van der Waals surface area (Å²) < 4.78 is 10.2. The fourth-order valence-corrected chi connectivity index (χ4v) is 1.54. The van der Waals surface area contributed by atoms with Gasteiger partial charge in [-0.2, -0.15) is 0 Å². The van der Waals surface area contributed by atoms with Crippen LogP contribution in [-0.4, -0.2) is 46.8 Å². The molecule has 0 bridgehead atoms. The number of benzene rings is 1. The lowest BCUT2D eigenvalue weighted by Gasteiger charge is -2.24. The highest BCUT2D eigenvalue weighted by Gasteiger charge is 2.05. The van der Waals surface area contributed by atoms with Crippen molar-refractivity contribution in [2.24, 2.45) is 0 Å². The van der Waals surface area contributed by atoms with Gasteiger partial charge in [0.1, 0.15) is 6.29 Å². The normalized spacial score (nSPS) is 10.2. The fourth-order valence-electron chi connectivity index (χ4n) is 1.54. The van der Waals surface area contributed by atoms with Crippen LogP contribution in [0, 0.1) is 0 Å². The summed E-state index contributed by atoms with van der Waals surface area (Å²) in [6.45, 7) is 2.94. The molecule has 0 radical (unpaired) electrons. The Morgan fingerprint density at radius 3 is 2.00 bits per heavy atom. The van der Waals surface area contributed by atoms with E-state index in [9.17, 15) is 4.79 Å². The standard InChI is InChI=1S/C13H19NO3/c1-16-9-7-14(8-10-17-2)13-5-3-12(11-15)4-6-13/h3-6,11H,7-10H2,1-2H3. The summed E-state index contributed by atoms with van der Waals surface area (Å²) in [6.07, 6.45) is 0.846. The Bertz CT molecular complexity index is 316. The zero-order chi connectivity index (χ0) is 12.5. The molecule has 0 aliphatic rings. The van der Waals surface area contributed by atoms with Gasteiger partial charge in [0.05, 0.1) is 13.2 Å². The van der Waals surface area contributed by atoms with Crippen LogP contribution in [0.5, 0.6) is 0 Å². The summed E-state index contributed by atoms with van der Waals surface area (Å²) in [7, 11) is 3.37. The average Bonchev–Trinajstić information content (AvgIpc) is 2.39. The van der Waals surface area contributed by atoms with Gasteiger partial charge in [-0.3, -0.25) is 4.79 Å². The molecule has 0 unspecified atom stereocenters. The molecule has 0 fully saturated rings. The number of carbonyl (C=O) groups excluding carboxylic acids is 1. The molecule has 0 N–H and O–H groups in total. The first-order valence-corrected chi connectivity index (χ1v) is 5.60. The lowest BCUT2D eigenvalue weighted by molar-refractivity contribution is 0.112. The maximum absolute atomic E-state index is 10.6. The summed E-state index contributed by atoms with van der Waals surface area (Å²) in [5, 5.41) is 0.